The summed E-state index contributed by atoms with van der Waals surface area (Å²) >= 11 is 1.63. The highest BCUT2D eigenvalue weighted by atomic mass is 32.1. The second kappa shape index (κ2) is 9.93. The lowest BCUT2D eigenvalue weighted by atomic mass is 10.1. The molecule has 0 atom stereocenters. The number of ketones is 1. The molecule has 0 unspecified atom stereocenters. The van der Waals surface area contributed by atoms with E-state index in [1.807, 2.05) is 49.4 Å². The smallest absolute Gasteiger partial charge is 0.181 e. The first-order chi connectivity index (χ1) is 14.4. The third-order valence-electron chi connectivity index (χ3n) is 4.39. The Morgan fingerprint density at radius 1 is 1.00 bits per heavy atom. The molecule has 0 radical (unpaired) electrons. The van der Waals surface area contributed by atoms with Crippen LogP contribution in [0.2, 0.25) is 0 Å². The van der Waals surface area contributed by atoms with E-state index in [9.17, 15) is 4.79 Å². The van der Waals surface area contributed by atoms with Gasteiger partial charge in [-0.1, -0.05) is 48.0 Å². The van der Waals surface area contributed by atoms with E-state index in [4.69, 9.17) is 4.98 Å². The first-order valence-electron chi connectivity index (χ1n) is 9.64. The van der Waals surface area contributed by atoms with E-state index in [-0.39, 0.29) is 11.5 Å². The highest BCUT2D eigenvalue weighted by Crippen LogP contribution is 2.27. The van der Waals surface area contributed by atoms with E-state index >= 15 is 0 Å². The average molecular weight is 420 g/mol. The van der Waals surface area contributed by atoms with Crippen LogP contribution in [0, 0.1) is 13.8 Å². The second-order valence-electron chi connectivity index (χ2n) is 6.90. The number of hydrogen-bond donors (Lipinski definition) is 2. The maximum atomic E-state index is 12.0. The first kappa shape index (κ1) is 21.4. The summed E-state index contributed by atoms with van der Waals surface area (Å²) in [5.41, 5.74) is 10.8. The van der Waals surface area contributed by atoms with Crippen LogP contribution in [-0.4, -0.2) is 22.2 Å². The van der Waals surface area contributed by atoms with E-state index < -0.39 is 0 Å². The van der Waals surface area contributed by atoms with Crippen molar-refractivity contribution in [3.8, 4) is 11.3 Å². The van der Waals surface area contributed by atoms with Gasteiger partial charge < -0.3 is 5.43 Å². The highest BCUT2D eigenvalue weighted by molar-refractivity contribution is 7.12. The van der Waals surface area contributed by atoms with Crippen LogP contribution in [0.1, 0.15) is 29.3 Å². The van der Waals surface area contributed by atoms with Gasteiger partial charge in [0.1, 0.15) is 10.7 Å². The molecule has 0 aliphatic heterocycles. The van der Waals surface area contributed by atoms with Gasteiger partial charge in [-0.3, -0.25) is 10.2 Å². The van der Waals surface area contributed by atoms with Crippen molar-refractivity contribution in [2.75, 3.05) is 5.43 Å². The molecule has 1 aromatic heterocycles. The van der Waals surface area contributed by atoms with Crippen molar-refractivity contribution in [2.24, 2.45) is 10.2 Å². The lowest BCUT2D eigenvalue weighted by Gasteiger charge is -2.06. The number of benzene rings is 2. The number of nitrogens with one attached hydrogen (secondary N) is 2. The van der Waals surface area contributed by atoms with E-state index in [0.717, 1.165) is 32.4 Å². The van der Waals surface area contributed by atoms with Crippen LogP contribution in [0.3, 0.4) is 0 Å². The summed E-state index contributed by atoms with van der Waals surface area (Å²) in [6.07, 6.45) is 0. The summed E-state index contributed by atoms with van der Waals surface area (Å²) < 4.78 is 0. The van der Waals surface area contributed by atoms with Gasteiger partial charge >= 0.3 is 0 Å². The van der Waals surface area contributed by atoms with Gasteiger partial charge in [0.25, 0.3) is 0 Å². The molecule has 0 aliphatic rings. The van der Waals surface area contributed by atoms with Crippen molar-refractivity contribution in [1.29, 1.82) is 0 Å². The van der Waals surface area contributed by atoms with Crippen LogP contribution < -0.4 is 10.9 Å². The number of aromatic nitrogens is 1. The molecule has 0 amide bonds. The molecule has 0 spiro atoms. The zero-order valence-corrected chi connectivity index (χ0v) is 18.4. The molecule has 3 aromatic rings. The number of nitrogens with zero attached hydrogens (tertiary/aromatic N) is 3. The predicted octanol–water partition coefficient (Wildman–Crippen LogP) is 4.95. The predicted molar refractivity (Wildman–Crippen MR) is 125 cm³/mol. The zero-order chi connectivity index (χ0) is 21.5. The number of aryl methyl sites for hydroxylation is 2. The molecule has 30 heavy (non-hydrogen) atoms. The largest absolute Gasteiger partial charge is 0.303 e. The fourth-order valence-corrected chi connectivity index (χ4v) is 3.72. The molecule has 2 aromatic carbocycles. The number of anilines is 1. The molecule has 6 nitrogen and oxygen atoms in total. The molecular formula is C23H25N5OS. The van der Waals surface area contributed by atoms with Crippen molar-refractivity contribution >= 4 is 34.2 Å². The Morgan fingerprint density at radius 3 is 2.37 bits per heavy atom. The Labute approximate surface area is 180 Å². The molecule has 0 saturated carbocycles. The summed E-state index contributed by atoms with van der Waals surface area (Å²) in [6.45, 7) is 7.79. The summed E-state index contributed by atoms with van der Waals surface area (Å²) in [5, 5.41) is 9.49. The van der Waals surface area contributed by atoms with E-state index in [1.54, 1.807) is 18.3 Å². The summed E-state index contributed by atoms with van der Waals surface area (Å²) in [5.74, 6) is -0.158. The average Bonchev–Trinajstić information content (AvgIpc) is 3.10. The number of Topliss-reactive ketones (excluding diaryl/α,β-unsaturated/α-hetero) is 1. The standard InChI is InChI=1S/C23H25N5OS/c1-15-10-12-20(13-11-15)27-28-22(17(3)29)16(2)26-24-14-21-25-23(18(4)30-21)19-8-6-5-7-9-19/h5-13,24,27H,14H2,1-4H3/b26-16-,28-22+. The normalized spacial score (nSPS) is 12.0. The summed E-state index contributed by atoms with van der Waals surface area (Å²) in [7, 11) is 0. The molecule has 0 fully saturated rings. The Bertz CT molecular complexity index is 1070. The van der Waals surface area contributed by atoms with Crippen molar-refractivity contribution in [3.05, 3.63) is 70.0 Å². The minimum atomic E-state index is -0.158. The van der Waals surface area contributed by atoms with E-state index in [2.05, 4.69) is 40.1 Å². The minimum Gasteiger partial charge on any atom is -0.303 e. The monoisotopic (exact) mass is 419 g/mol. The van der Waals surface area contributed by atoms with Gasteiger partial charge in [-0.25, -0.2) is 4.98 Å². The Hall–Kier alpha value is -3.32. The molecule has 0 saturated heterocycles. The maximum absolute atomic E-state index is 12.0. The number of carbonyl (C=O) groups excluding carboxylic acids is 1. The van der Waals surface area contributed by atoms with Crippen LogP contribution in [-0.2, 0) is 11.3 Å². The Morgan fingerprint density at radius 2 is 1.70 bits per heavy atom. The van der Waals surface area contributed by atoms with Gasteiger partial charge in [-0.2, -0.15) is 10.2 Å². The van der Waals surface area contributed by atoms with Crippen LogP contribution in [0.5, 0.6) is 0 Å². The van der Waals surface area contributed by atoms with Crippen LogP contribution in [0.15, 0.2) is 64.8 Å². The molecule has 7 heteroatoms. The van der Waals surface area contributed by atoms with Crippen molar-refractivity contribution in [3.63, 3.8) is 0 Å². The molecule has 154 valence electrons. The third-order valence-corrected chi connectivity index (χ3v) is 5.36. The number of carbonyl (C=O) groups is 1. The minimum absolute atomic E-state index is 0.158. The van der Waals surface area contributed by atoms with Gasteiger partial charge in [0, 0.05) is 17.4 Å². The second-order valence-corrected chi connectivity index (χ2v) is 8.19. The van der Waals surface area contributed by atoms with Crippen molar-refractivity contribution < 1.29 is 4.79 Å². The van der Waals surface area contributed by atoms with Crippen LogP contribution >= 0.6 is 11.3 Å². The molecule has 3 rings (SSSR count). The lowest BCUT2D eigenvalue weighted by Crippen LogP contribution is -2.23. The fourth-order valence-electron chi connectivity index (χ4n) is 2.83. The molecule has 0 bridgehead atoms. The number of rotatable bonds is 8. The lowest BCUT2D eigenvalue weighted by molar-refractivity contribution is -0.110. The van der Waals surface area contributed by atoms with Crippen molar-refractivity contribution in [2.45, 2.75) is 34.2 Å². The fraction of sp³-hybridized carbons (Fsp3) is 0.217. The number of thiazole rings is 1. The number of hydrazone groups is 2. The van der Waals surface area contributed by atoms with Gasteiger partial charge in [0.15, 0.2) is 5.78 Å². The van der Waals surface area contributed by atoms with Gasteiger partial charge in [0.05, 0.1) is 23.6 Å². The summed E-state index contributed by atoms with van der Waals surface area (Å²) in [6, 6.07) is 17.9. The van der Waals surface area contributed by atoms with Gasteiger partial charge in [0.2, 0.25) is 0 Å². The molecular weight excluding hydrogens is 394 g/mol. The molecule has 0 aliphatic carbocycles. The molecule has 2 N–H and O–H groups in total. The SMILES string of the molecule is CC(=O)C(=N/Nc1ccc(C)cc1)/C(C)=N\NCc1nc(-c2ccccc2)c(C)s1. The third kappa shape index (κ3) is 5.61. The zero-order valence-electron chi connectivity index (χ0n) is 17.6. The van der Waals surface area contributed by atoms with Gasteiger partial charge in [-0.05, 0) is 32.9 Å². The maximum Gasteiger partial charge on any atom is 0.181 e. The quantitative estimate of drug-likeness (QED) is 0.400. The number of hydrogen-bond acceptors (Lipinski definition) is 7. The first-order valence-corrected chi connectivity index (χ1v) is 10.5. The Kier molecular flexibility index (Phi) is 7.08. The van der Waals surface area contributed by atoms with E-state index in [0.29, 0.717) is 12.3 Å². The highest BCUT2D eigenvalue weighted by Gasteiger charge is 2.12. The topological polar surface area (TPSA) is 78.7 Å². The van der Waals surface area contributed by atoms with E-state index in [1.165, 1.54) is 6.92 Å². The van der Waals surface area contributed by atoms with Crippen molar-refractivity contribution in [1.82, 2.24) is 10.4 Å². The summed E-state index contributed by atoms with van der Waals surface area (Å²) in [4.78, 5) is 17.9. The van der Waals surface area contributed by atoms with Crippen LogP contribution in [0.25, 0.3) is 11.3 Å². The Balaban J connectivity index is 1.66. The van der Waals surface area contributed by atoms with Gasteiger partial charge in [-0.15, -0.1) is 11.3 Å². The van der Waals surface area contributed by atoms with Crippen LogP contribution in [0.4, 0.5) is 5.69 Å². The molecule has 1 heterocycles.